The molecular formula is C25H18N4O3S. The number of fused-ring (bicyclic) bond motifs is 2. The number of oxazole rings is 1. The van der Waals surface area contributed by atoms with Gasteiger partial charge < -0.3 is 4.42 Å². The quantitative estimate of drug-likeness (QED) is 0.393. The van der Waals surface area contributed by atoms with Gasteiger partial charge in [-0.3, -0.25) is 9.71 Å². The number of hydrogen-bond donors (Lipinski definition) is 1. The van der Waals surface area contributed by atoms with Crippen molar-refractivity contribution in [2.75, 3.05) is 4.72 Å². The summed E-state index contributed by atoms with van der Waals surface area (Å²) >= 11 is 0. The second-order valence-corrected chi connectivity index (χ2v) is 9.19. The molecule has 7 nitrogen and oxygen atoms in total. The van der Waals surface area contributed by atoms with E-state index < -0.39 is 10.0 Å². The van der Waals surface area contributed by atoms with Gasteiger partial charge in [0, 0.05) is 18.0 Å². The topological polar surface area (TPSA) is 109 Å². The SMILES string of the molecule is N#Cc1ccc(CCc2nc3cc(NS(=O)(=O)c4cccc5cccnc45)ccc3o2)cc1. The summed E-state index contributed by atoms with van der Waals surface area (Å²) < 4.78 is 34.5. The van der Waals surface area contributed by atoms with Crippen LogP contribution in [-0.2, 0) is 22.9 Å². The predicted molar refractivity (Wildman–Crippen MR) is 125 cm³/mol. The molecule has 162 valence electrons. The molecule has 0 saturated carbocycles. The number of para-hydroxylation sites is 1. The van der Waals surface area contributed by atoms with Gasteiger partial charge in [-0.15, -0.1) is 0 Å². The maximum absolute atomic E-state index is 13.0. The molecule has 0 spiro atoms. The number of nitrogens with zero attached hydrogens (tertiary/aromatic N) is 3. The Morgan fingerprint density at radius 1 is 0.970 bits per heavy atom. The Morgan fingerprint density at radius 3 is 2.61 bits per heavy atom. The monoisotopic (exact) mass is 454 g/mol. The standard InChI is InChI=1S/C25H18N4O3S/c26-16-18-8-6-17(7-9-18)10-13-24-28-21-15-20(11-12-22(21)32-24)29-33(30,31)23-5-1-3-19-4-2-14-27-25(19)23/h1-9,11-12,14-15,29H,10,13H2. The van der Waals surface area contributed by atoms with E-state index in [1.165, 1.54) is 6.07 Å². The van der Waals surface area contributed by atoms with Gasteiger partial charge >= 0.3 is 0 Å². The number of nitriles is 1. The zero-order chi connectivity index (χ0) is 22.8. The van der Waals surface area contributed by atoms with Crippen molar-refractivity contribution in [1.29, 1.82) is 5.26 Å². The summed E-state index contributed by atoms with van der Waals surface area (Å²) in [7, 11) is -3.85. The number of sulfonamides is 1. The highest BCUT2D eigenvalue weighted by atomic mass is 32.2. The number of nitrogens with one attached hydrogen (secondary N) is 1. The average Bonchev–Trinajstić information content (AvgIpc) is 3.24. The lowest BCUT2D eigenvalue weighted by Crippen LogP contribution is -2.13. The van der Waals surface area contributed by atoms with Crippen LogP contribution in [0, 0.1) is 11.3 Å². The number of rotatable bonds is 6. The van der Waals surface area contributed by atoms with Gasteiger partial charge in [-0.2, -0.15) is 5.26 Å². The van der Waals surface area contributed by atoms with E-state index in [1.54, 1.807) is 48.7 Å². The van der Waals surface area contributed by atoms with Gasteiger partial charge in [-0.05, 0) is 54.4 Å². The minimum Gasteiger partial charge on any atom is -0.441 e. The van der Waals surface area contributed by atoms with Crippen molar-refractivity contribution in [2.45, 2.75) is 17.7 Å². The number of pyridine rings is 1. The van der Waals surface area contributed by atoms with Crippen LogP contribution in [0.3, 0.4) is 0 Å². The Bertz CT molecular complexity index is 1610. The maximum Gasteiger partial charge on any atom is 0.264 e. The lowest BCUT2D eigenvalue weighted by atomic mass is 10.1. The summed E-state index contributed by atoms with van der Waals surface area (Å²) in [6.45, 7) is 0. The van der Waals surface area contributed by atoms with Crippen molar-refractivity contribution in [3.05, 3.63) is 96.0 Å². The van der Waals surface area contributed by atoms with Gasteiger partial charge in [0.1, 0.15) is 10.4 Å². The molecule has 0 saturated heterocycles. The first-order valence-electron chi connectivity index (χ1n) is 10.3. The minimum atomic E-state index is -3.85. The molecular weight excluding hydrogens is 436 g/mol. The molecule has 8 heteroatoms. The van der Waals surface area contributed by atoms with Crippen LogP contribution in [-0.4, -0.2) is 18.4 Å². The molecule has 0 aliphatic rings. The van der Waals surface area contributed by atoms with E-state index in [0.29, 0.717) is 46.6 Å². The Balaban J connectivity index is 1.36. The highest BCUT2D eigenvalue weighted by Gasteiger charge is 2.19. The fourth-order valence-electron chi connectivity index (χ4n) is 3.65. The zero-order valence-corrected chi connectivity index (χ0v) is 18.2. The highest BCUT2D eigenvalue weighted by molar-refractivity contribution is 7.93. The number of anilines is 1. The maximum atomic E-state index is 13.0. The Kier molecular flexibility index (Phi) is 5.24. The molecule has 5 aromatic rings. The van der Waals surface area contributed by atoms with Crippen LogP contribution in [0.15, 0.2) is 88.3 Å². The fraction of sp³-hybridized carbons (Fsp3) is 0.0800. The summed E-state index contributed by atoms with van der Waals surface area (Å²) in [5.74, 6) is 0.563. The third-order valence-corrected chi connectivity index (χ3v) is 6.69. The van der Waals surface area contributed by atoms with Crippen molar-refractivity contribution in [1.82, 2.24) is 9.97 Å². The molecule has 1 N–H and O–H groups in total. The van der Waals surface area contributed by atoms with Crippen LogP contribution in [0.5, 0.6) is 0 Å². The van der Waals surface area contributed by atoms with Crippen molar-refractivity contribution < 1.29 is 12.8 Å². The van der Waals surface area contributed by atoms with Crippen LogP contribution in [0.4, 0.5) is 5.69 Å². The van der Waals surface area contributed by atoms with E-state index in [4.69, 9.17) is 9.68 Å². The molecule has 2 aromatic heterocycles. The second kappa shape index (κ2) is 8.37. The molecule has 2 heterocycles. The summed E-state index contributed by atoms with van der Waals surface area (Å²) in [5, 5.41) is 9.65. The molecule has 0 fully saturated rings. The number of hydrogen-bond acceptors (Lipinski definition) is 6. The number of aryl methyl sites for hydroxylation is 2. The van der Waals surface area contributed by atoms with Gasteiger partial charge in [-0.1, -0.05) is 30.3 Å². The lowest BCUT2D eigenvalue weighted by Gasteiger charge is -2.09. The third kappa shape index (κ3) is 4.27. The Labute approximate surface area is 190 Å². The normalized spacial score (nSPS) is 11.5. The second-order valence-electron chi connectivity index (χ2n) is 7.54. The van der Waals surface area contributed by atoms with E-state index in [0.717, 1.165) is 10.9 Å². The van der Waals surface area contributed by atoms with E-state index >= 15 is 0 Å². The van der Waals surface area contributed by atoms with E-state index in [1.807, 2.05) is 24.3 Å². The van der Waals surface area contributed by atoms with Crippen molar-refractivity contribution >= 4 is 37.7 Å². The van der Waals surface area contributed by atoms with Gasteiger partial charge in [0.25, 0.3) is 10.0 Å². The summed E-state index contributed by atoms with van der Waals surface area (Å²) in [6, 6.07) is 23.1. The smallest absolute Gasteiger partial charge is 0.264 e. The number of aromatic nitrogens is 2. The number of benzene rings is 3. The van der Waals surface area contributed by atoms with Crippen LogP contribution >= 0.6 is 0 Å². The van der Waals surface area contributed by atoms with Crippen LogP contribution in [0.25, 0.3) is 22.0 Å². The molecule has 0 amide bonds. The van der Waals surface area contributed by atoms with Gasteiger partial charge in [0.05, 0.1) is 22.8 Å². The van der Waals surface area contributed by atoms with E-state index in [9.17, 15) is 8.42 Å². The molecule has 0 aliphatic heterocycles. The van der Waals surface area contributed by atoms with Crippen molar-refractivity contribution in [3.8, 4) is 6.07 Å². The molecule has 3 aromatic carbocycles. The summed E-state index contributed by atoms with van der Waals surface area (Å²) in [5.41, 5.74) is 3.66. The fourth-order valence-corrected chi connectivity index (χ4v) is 4.88. The molecule has 5 rings (SSSR count). The summed E-state index contributed by atoms with van der Waals surface area (Å²) in [4.78, 5) is 8.86. The molecule has 0 aliphatic carbocycles. The predicted octanol–water partition coefficient (Wildman–Crippen LogP) is 4.83. The van der Waals surface area contributed by atoms with Gasteiger partial charge in [0.15, 0.2) is 11.5 Å². The Morgan fingerprint density at radius 2 is 1.79 bits per heavy atom. The van der Waals surface area contributed by atoms with E-state index in [-0.39, 0.29) is 4.90 Å². The van der Waals surface area contributed by atoms with Crippen LogP contribution in [0.1, 0.15) is 17.0 Å². The molecule has 0 bridgehead atoms. The largest absolute Gasteiger partial charge is 0.441 e. The van der Waals surface area contributed by atoms with E-state index in [2.05, 4.69) is 20.8 Å². The average molecular weight is 455 g/mol. The lowest BCUT2D eigenvalue weighted by molar-refractivity contribution is 0.528. The van der Waals surface area contributed by atoms with Gasteiger partial charge in [-0.25, -0.2) is 13.4 Å². The van der Waals surface area contributed by atoms with Crippen molar-refractivity contribution in [2.24, 2.45) is 0 Å². The summed E-state index contributed by atoms with van der Waals surface area (Å²) in [6.07, 6.45) is 2.87. The molecule has 33 heavy (non-hydrogen) atoms. The first kappa shape index (κ1) is 20.7. The molecule has 0 unspecified atom stereocenters. The zero-order valence-electron chi connectivity index (χ0n) is 17.4. The Hall–Kier alpha value is -4.22. The van der Waals surface area contributed by atoms with Crippen molar-refractivity contribution in [3.63, 3.8) is 0 Å². The third-order valence-electron chi connectivity index (χ3n) is 5.28. The van der Waals surface area contributed by atoms with Gasteiger partial charge in [0.2, 0.25) is 0 Å². The van der Waals surface area contributed by atoms with Crippen LogP contribution in [0.2, 0.25) is 0 Å². The first-order valence-corrected chi connectivity index (χ1v) is 11.8. The first-order chi connectivity index (χ1) is 16.0. The molecule has 0 atom stereocenters. The minimum absolute atomic E-state index is 0.115. The molecule has 0 radical (unpaired) electrons. The highest BCUT2D eigenvalue weighted by Crippen LogP contribution is 2.26. The van der Waals surface area contributed by atoms with Crippen LogP contribution < -0.4 is 4.72 Å².